The highest BCUT2D eigenvalue weighted by Crippen LogP contribution is 2.20. The van der Waals surface area contributed by atoms with Gasteiger partial charge in [0.25, 0.3) is 0 Å². The largest absolute Gasteiger partial charge is 0.487 e. The molecule has 0 aliphatic heterocycles. The lowest BCUT2D eigenvalue weighted by molar-refractivity contribution is 0.0803. The molecule has 2 rings (SSSR count). The quantitative estimate of drug-likeness (QED) is 0.805. The molecule has 0 spiro atoms. The van der Waals surface area contributed by atoms with E-state index in [1.54, 1.807) is 7.11 Å². The Bertz CT molecular complexity index is 368. The lowest BCUT2D eigenvalue weighted by Crippen LogP contribution is -2.35. The first-order valence-corrected chi connectivity index (χ1v) is 6.64. The van der Waals surface area contributed by atoms with Gasteiger partial charge in [0.05, 0.1) is 6.61 Å². The molecule has 1 aliphatic rings. The molecule has 0 bridgehead atoms. The Morgan fingerprint density at radius 3 is 2.44 bits per heavy atom. The summed E-state index contributed by atoms with van der Waals surface area (Å²) in [5, 5.41) is 3.49. The smallest absolute Gasteiger partial charge is 0.134 e. The fourth-order valence-corrected chi connectivity index (χ4v) is 2.10. The van der Waals surface area contributed by atoms with Gasteiger partial charge in [0.1, 0.15) is 11.9 Å². The van der Waals surface area contributed by atoms with E-state index < -0.39 is 0 Å². The van der Waals surface area contributed by atoms with E-state index in [-0.39, 0.29) is 6.10 Å². The SMILES string of the molecule is COCC(CNC1CC1)Oc1cc(C)cc(C)c1. The molecule has 1 aromatic rings. The molecule has 0 aromatic heterocycles. The second kappa shape index (κ2) is 6.21. The highest BCUT2D eigenvalue weighted by Gasteiger charge is 2.22. The molecule has 1 aromatic carbocycles. The maximum absolute atomic E-state index is 6.01. The summed E-state index contributed by atoms with van der Waals surface area (Å²) in [5.74, 6) is 0.937. The molecule has 1 fully saturated rings. The van der Waals surface area contributed by atoms with Crippen molar-refractivity contribution in [1.29, 1.82) is 0 Å². The molecule has 0 saturated heterocycles. The Balaban J connectivity index is 1.92. The molecule has 0 heterocycles. The van der Waals surface area contributed by atoms with E-state index in [2.05, 4.69) is 37.4 Å². The average molecular weight is 249 g/mol. The van der Waals surface area contributed by atoms with Crippen LogP contribution in [0.1, 0.15) is 24.0 Å². The third-order valence-corrected chi connectivity index (χ3v) is 3.06. The van der Waals surface area contributed by atoms with Gasteiger partial charge in [-0.2, -0.15) is 0 Å². The van der Waals surface area contributed by atoms with E-state index in [1.807, 2.05) is 0 Å². The molecular formula is C15H23NO2. The van der Waals surface area contributed by atoms with Crippen molar-refractivity contribution < 1.29 is 9.47 Å². The molecule has 3 nitrogen and oxygen atoms in total. The van der Waals surface area contributed by atoms with E-state index in [9.17, 15) is 0 Å². The van der Waals surface area contributed by atoms with Gasteiger partial charge in [0, 0.05) is 19.7 Å². The standard InChI is InChI=1S/C15H23NO2/c1-11-6-12(2)8-14(7-11)18-15(10-17-3)9-16-13-4-5-13/h6-8,13,15-16H,4-5,9-10H2,1-3H3. The number of hydrogen-bond acceptors (Lipinski definition) is 3. The first kappa shape index (κ1) is 13.4. The van der Waals surface area contributed by atoms with Crippen LogP contribution in [0, 0.1) is 13.8 Å². The van der Waals surface area contributed by atoms with Gasteiger partial charge in [0.15, 0.2) is 0 Å². The van der Waals surface area contributed by atoms with E-state index in [1.165, 1.54) is 24.0 Å². The van der Waals surface area contributed by atoms with Gasteiger partial charge in [0.2, 0.25) is 0 Å². The maximum atomic E-state index is 6.01. The zero-order valence-electron chi connectivity index (χ0n) is 11.5. The van der Waals surface area contributed by atoms with E-state index in [0.717, 1.165) is 12.3 Å². The van der Waals surface area contributed by atoms with Gasteiger partial charge in [-0.1, -0.05) is 6.07 Å². The van der Waals surface area contributed by atoms with Crippen LogP contribution in [0.5, 0.6) is 5.75 Å². The minimum Gasteiger partial charge on any atom is -0.487 e. The second-order valence-corrected chi connectivity index (χ2v) is 5.20. The summed E-state index contributed by atoms with van der Waals surface area (Å²) in [6.45, 7) is 5.65. The molecule has 1 unspecified atom stereocenters. The van der Waals surface area contributed by atoms with Crippen LogP contribution in [-0.4, -0.2) is 32.4 Å². The molecule has 0 radical (unpaired) electrons. The van der Waals surface area contributed by atoms with Gasteiger partial charge in [-0.15, -0.1) is 0 Å². The molecule has 0 amide bonds. The number of methoxy groups -OCH3 is 1. The topological polar surface area (TPSA) is 30.5 Å². The summed E-state index contributed by atoms with van der Waals surface area (Å²) in [6, 6.07) is 7.01. The molecule has 1 saturated carbocycles. The molecule has 100 valence electrons. The van der Waals surface area contributed by atoms with Crippen LogP contribution in [0.4, 0.5) is 0 Å². The summed E-state index contributed by atoms with van der Waals surface area (Å²) >= 11 is 0. The number of hydrogen-bond donors (Lipinski definition) is 1. The lowest BCUT2D eigenvalue weighted by Gasteiger charge is -2.19. The predicted molar refractivity (Wildman–Crippen MR) is 73.2 cm³/mol. The third-order valence-electron chi connectivity index (χ3n) is 3.06. The summed E-state index contributed by atoms with van der Waals surface area (Å²) in [7, 11) is 1.72. The van der Waals surface area contributed by atoms with Crippen molar-refractivity contribution in [3.63, 3.8) is 0 Å². The van der Waals surface area contributed by atoms with Gasteiger partial charge in [-0.05, 0) is 49.9 Å². The Morgan fingerprint density at radius 1 is 1.22 bits per heavy atom. The Kier molecular flexibility index (Phi) is 4.61. The van der Waals surface area contributed by atoms with Crippen LogP contribution in [0.3, 0.4) is 0 Å². The van der Waals surface area contributed by atoms with Crippen LogP contribution < -0.4 is 10.1 Å². The van der Waals surface area contributed by atoms with Crippen LogP contribution >= 0.6 is 0 Å². The van der Waals surface area contributed by atoms with Crippen molar-refractivity contribution in [3.8, 4) is 5.75 Å². The van der Waals surface area contributed by atoms with Crippen LogP contribution in [0.15, 0.2) is 18.2 Å². The van der Waals surface area contributed by atoms with E-state index >= 15 is 0 Å². The minimum absolute atomic E-state index is 0.0804. The zero-order valence-corrected chi connectivity index (χ0v) is 11.5. The first-order chi connectivity index (χ1) is 8.67. The Labute approximate surface area is 109 Å². The summed E-state index contributed by atoms with van der Waals surface area (Å²) in [5.41, 5.74) is 2.47. The number of ether oxygens (including phenoxy) is 2. The van der Waals surface area contributed by atoms with Gasteiger partial charge < -0.3 is 14.8 Å². The molecule has 18 heavy (non-hydrogen) atoms. The first-order valence-electron chi connectivity index (χ1n) is 6.64. The van der Waals surface area contributed by atoms with E-state index in [4.69, 9.17) is 9.47 Å². The summed E-state index contributed by atoms with van der Waals surface area (Å²) < 4.78 is 11.2. The average Bonchev–Trinajstić information content (AvgIpc) is 3.08. The summed E-state index contributed by atoms with van der Waals surface area (Å²) in [6.07, 6.45) is 2.67. The van der Waals surface area contributed by atoms with Crippen molar-refractivity contribution in [2.75, 3.05) is 20.3 Å². The van der Waals surface area contributed by atoms with Crippen LogP contribution in [0.2, 0.25) is 0 Å². The van der Waals surface area contributed by atoms with Crippen LogP contribution in [0.25, 0.3) is 0 Å². The highest BCUT2D eigenvalue weighted by molar-refractivity contribution is 5.33. The normalized spacial score (nSPS) is 16.6. The molecule has 1 atom stereocenters. The highest BCUT2D eigenvalue weighted by atomic mass is 16.5. The minimum atomic E-state index is 0.0804. The fourth-order valence-electron chi connectivity index (χ4n) is 2.10. The van der Waals surface area contributed by atoms with Crippen molar-refractivity contribution in [3.05, 3.63) is 29.3 Å². The maximum Gasteiger partial charge on any atom is 0.134 e. The number of nitrogens with one attached hydrogen (secondary N) is 1. The van der Waals surface area contributed by atoms with Gasteiger partial charge in [-0.3, -0.25) is 0 Å². The fraction of sp³-hybridized carbons (Fsp3) is 0.600. The third kappa shape index (κ3) is 4.31. The van der Waals surface area contributed by atoms with Crippen molar-refractivity contribution in [2.45, 2.75) is 38.8 Å². The molecule has 1 N–H and O–H groups in total. The molecule has 3 heteroatoms. The lowest BCUT2D eigenvalue weighted by atomic mass is 10.1. The number of rotatable bonds is 7. The monoisotopic (exact) mass is 249 g/mol. The molecular weight excluding hydrogens is 226 g/mol. The zero-order chi connectivity index (χ0) is 13.0. The second-order valence-electron chi connectivity index (χ2n) is 5.20. The Hall–Kier alpha value is -1.06. The van der Waals surface area contributed by atoms with Gasteiger partial charge >= 0.3 is 0 Å². The van der Waals surface area contributed by atoms with Gasteiger partial charge in [-0.25, -0.2) is 0 Å². The number of aryl methyl sites for hydroxylation is 2. The van der Waals surface area contributed by atoms with Crippen LogP contribution in [-0.2, 0) is 4.74 Å². The van der Waals surface area contributed by atoms with Crippen molar-refractivity contribution in [2.24, 2.45) is 0 Å². The number of benzene rings is 1. The predicted octanol–water partition coefficient (Wildman–Crippen LogP) is 2.45. The summed E-state index contributed by atoms with van der Waals surface area (Å²) in [4.78, 5) is 0. The van der Waals surface area contributed by atoms with Crippen molar-refractivity contribution >= 4 is 0 Å². The Morgan fingerprint density at radius 2 is 1.89 bits per heavy atom. The van der Waals surface area contributed by atoms with E-state index in [0.29, 0.717) is 12.6 Å². The van der Waals surface area contributed by atoms with Crippen molar-refractivity contribution in [1.82, 2.24) is 5.32 Å². The molecule has 1 aliphatic carbocycles.